The van der Waals surface area contributed by atoms with Crippen LogP contribution in [0.15, 0.2) is 91.6 Å². The van der Waals surface area contributed by atoms with Crippen molar-refractivity contribution in [2.45, 2.75) is 18.7 Å². The van der Waals surface area contributed by atoms with E-state index >= 15 is 0 Å². The first-order chi connectivity index (χ1) is 25.1. The molecule has 2 aliphatic carbocycles. The molecule has 17 nitrogen and oxygen atoms in total. The molecule has 0 saturated carbocycles. The number of hydrogen-bond donors (Lipinski definition) is 4. The van der Waals surface area contributed by atoms with Crippen LogP contribution in [0.1, 0.15) is 43.0 Å². The van der Waals surface area contributed by atoms with E-state index in [1.807, 2.05) is 0 Å². The average molecular weight is 859 g/mol. The number of hydrogen-bond acceptors (Lipinski definition) is 17. The first-order valence-electron chi connectivity index (χ1n) is 15.3. The Morgan fingerprint density at radius 1 is 0.579 bits per heavy atom. The van der Waals surface area contributed by atoms with Gasteiger partial charge in [-0.05, 0) is 114 Å². The Balaban J connectivity index is 0.00000290. The van der Waals surface area contributed by atoms with Crippen molar-refractivity contribution in [1.29, 1.82) is 0 Å². The number of fused-ring (bicyclic) bond motifs is 2. The summed E-state index contributed by atoms with van der Waals surface area (Å²) >= 11 is 0. The zero-order valence-electron chi connectivity index (χ0n) is 30.8. The average Bonchev–Trinajstić information content (AvgIpc) is 3.06. The summed E-state index contributed by atoms with van der Waals surface area (Å²) in [7, 11) is -15.5. The van der Waals surface area contributed by atoms with E-state index in [1.165, 1.54) is 18.2 Å². The molecule has 0 spiro atoms. The number of aryl methyl sites for hydroxylation is 2. The van der Waals surface area contributed by atoms with Gasteiger partial charge in [0.2, 0.25) is 11.6 Å². The number of nitrogens with zero attached hydrogens (tertiary/aromatic N) is 2. The number of carbonyl (C=O) groups excluding carboxylic acids is 2. The molecule has 0 amide bonds. The van der Waals surface area contributed by atoms with E-state index in [2.05, 4.69) is 21.1 Å². The molecule has 57 heavy (non-hydrogen) atoms. The molecule has 23 heteroatoms. The summed E-state index contributed by atoms with van der Waals surface area (Å²) in [6.07, 6.45) is 1.77. The third-order valence-corrected chi connectivity index (χ3v) is 10.9. The molecule has 0 bridgehead atoms. The summed E-state index contributed by atoms with van der Waals surface area (Å²) in [6.45, 7) is 3.39. The summed E-state index contributed by atoms with van der Waals surface area (Å²) in [5.74, 6) is -1.89. The summed E-state index contributed by atoms with van der Waals surface area (Å²) in [5, 5.41) is 7.90. The second-order valence-corrected chi connectivity index (χ2v) is 16.1. The monoisotopic (exact) mass is 858 g/mol. The maximum atomic E-state index is 13.3. The molecule has 278 valence electrons. The fourth-order valence-electron chi connectivity index (χ4n) is 5.74. The van der Waals surface area contributed by atoms with Gasteiger partial charge in [0.25, 0.3) is 0 Å². The third kappa shape index (κ3) is 10.2. The number of benzene rings is 4. The van der Waals surface area contributed by atoms with Crippen molar-refractivity contribution in [1.82, 2.24) is 0 Å². The zero-order chi connectivity index (χ0) is 39.5. The van der Waals surface area contributed by atoms with Crippen molar-refractivity contribution in [3.05, 3.63) is 110 Å². The fourth-order valence-corrected chi connectivity index (χ4v) is 7.57. The SMILES string of the molecule is Cc1cc(-c2ccc(N/N=C3\C(=O)c4ccc(N)cc4C=C3S(=O)(=O)[O-])c(C)c2)ccc1N/N=C1/C(=O)c2c(N)cc(S(=O)(=O)[O-])cc2C=C1S(=O)(=O)[O-].[Na+].[Na+].[Na+]. The molecule has 0 saturated heterocycles. The first-order valence-corrected chi connectivity index (χ1v) is 19.5. The van der Waals surface area contributed by atoms with Crippen LogP contribution in [0.25, 0.3) is 23.3 Å². The Bertz CT molecular complexity index is 2840. The molecule has 0 aromatic heterocycles. The van der Waals surface area contributed by atoms with E-state index < -0.39 is 73.7 Å². The van der Waals surface area contributed by atoms with Crippen molar-refractivity contribution < 1.29 is 137 Å². The normalized spacial score (nSPS) is 15.2. The van der Waals surface area contributed by atoms with Gasteiger partial charge in [-0.3, -0.25) is 20.4 Å². The second-order valence-electron chi connectivity index (χ2n) is 12.1. The molecule has 4 aromatic rings. The summed E-state index contributed by atoms with van der Waals surface area (Å²) < 4.78 is 107. The molecule has 0 aliphatic heterocycles. The van der Waals surface area contributed by atoms with Gasteiger partial charge in [0, 0.05) is 16.9 Å². The molecule has 4 aromatic carbocycles. The standard InChI is InChI=1S/C34H28N6O11S3.3Na/c1-16-9-18(3-7-26(16)37-39-31-28(53(46,47)48)13-20-11-22(35)5-6-24(20)33(31)41)19-4-8-27(17(2)10-19)38-40-32-29(54(49,50)51)14-21-12-23(52(43,44)45)15-25(36)30(21)34(32)42;;;/h3-15,37-38H,35-36H2,1-2H3,(H,43,44,45)(H,46,47,48)(H,49,50,51);;;/q;3*+1/p-3/b39-31-,40-32+;;;. The van der Waals surface area contributed by atoms with Crippen molar-refractivity contribution in [3.8, 4) is 11.1 Å². The zero-order valence-corrected chi connectivity index (χ0v) is 39.2. The molecular formula is C34H25N6Na3O11S3. The van der Waals surface area contributed by atoms with Crippen LogP contribution in [-0.2, 0) is 30.4 Å². The van der Waals surface area contributed by atoms with Crippen LogP contribution in [0.4, 0.5) is 22.7 Å². The minimum absolute atomic E-state index is 0. The van der Waals surface area contributed by atoms with Gasteiger partial charge in [-0.15, -0.1) is 0 Å². The molecule has 0 fully saturated rings. The van der Waals surface area contributed by atoms with Crippen molar-refractivity contribution in [2.24, 2.45) is 10.2 Å². The Kier molecular flexibility index (Phi) is 15.3. The third-order valence-electron chi connectivity index (χ3n) is 8.38. The number of nitrogen functional groups attached to an aromatic ring is 2. The van der Waals surface area contributed by atoms with Gasteiger partial charge in [-0.2, -0.15) is 10.2 Å². The molecule has 0 unspecified atom stereocenters. The molecule has 2 aliphatic rings. The number of hydrazone groups is 2. The van der Waals surface area contributed by atoms with Crippen LogP contribution in [0.3, 0.4) is 0 Å². The van der Waals surface area contributed by atoms with Gasteiger partial charge in [0.15, 0.2) is 0 Å². The summed E-state index contributed by atoms with van der Waals surface area (Å²) in [5.41, 5.74) is 18.1. The maximum absolute atomic E-state index is 13.3. The Labute approximate surface area is 393 Å². The van der Waals surface area contributed by atoms with Crippen LogP contribution in [0, 0.1) is 13.8 Å². The molecular weight excluding hydrogens is 834 g/mol. The number of nitrogens with one attached hydrogen (secondary N) is 2. The van der Waals surface area contributed by atoms with Crippen LogP contribution in [-0.4, -0.2) is 61.9 Å². The molecule has 0 atom stereocenters. The molecule has 6 rings (SSSR count). The van der Waals surface area contributed by atoms with E-state index in [0.717, 1.165) is 24.3 Å². The van der Waals surface area contributed by atoms with Crippen molar-refractivity contribution >= 4 is 88.2 Å². The number of ketones is 2. The van der Waals surface area contributed by atoms with Gasteiger partial charge >= 0.3 is 88.7 Å². The minimum Gasteiger partial charge on any atom is -0.744 e. The van der Waals surface area contributed by atoms with Crippen LogP contribution >= 0.6 is 0 Å². The Hall–Kier alpha value is -3.03. The van der Waals surface area contributed by atoms with Gasteiger partial charge in [0.1, 0.15) is 41.8 Å². The molecule has 6 N–H and O–H groups in total. The van der Waals surface area contributed by atoms with Gasteiger partial charge in [-0.25, -0.2) is 25.3 Å². The Morgan fingerprint density at radius 2 is 1.05 bits per heavy atom. The number of Topliss-reactive ketones (excluding diaryl/α,β-unsaturated/α-hetero) is 2. The van der Waals surface area contributed by atoms with Crippen molar-refractivity contribution in [2.75, 3.05) is 22.3 Å². The Morgan fingerprint density at radius 3 is 1.51 bits per heavy atom. The van der Waals surface area contributed by atoms with E-state index in [1.54, 1.807) is 50.2 Å². The van der Waals surface area contributed by atoms with Gasteiger partial charge in [-0.1, -0.05) is 12.1 Å². The number of carbonyl (C=O) groups is 2. The quantitative estimate of drug-likeness (QED) is 0.0555. The summed E-state index contributed by atoms with van der Waals surface area (Å²) in [4.78, 5) is 23.8. The first kappa shape index (κ1) is 48.3. The van der Waals surface area contributed by atoms with Crippen LogP contribution in [0.2, 0.25) is 0 Å². The molecule has 0 heterocycles. The summed E-state index contributed by atoms with van der Waals surface area (Å²) in [6, 6.07) is 15.8. The molecule has 0 radical (unpaired) electrons. The minimum atomic E-state index is -5.34. The largest absolute Gasteiger partial charge is 1.00 e. The van der Waals surface area contributed by atoms with Crippen molar-refractivity contribution in [3.63, 3.8) is 0 Å². The second kappa shape index (κ2) is 18.1. The van der Waals surface area contributed by atoms with E-state index in [4.69, 9.17) is 11.5 Å². The predicted octanol–water partition coefficient (Wildman–Crippen LogP) is -5.85. The number of nitrogens with two attached hydrogens (primary N) is 2. The van der Waals surface area contributed by atoms with E-state index in [0.29, 0.717) is 33.6 Å². The fraction of sp³-hybridized carbons (Fsp3) is 0.0588. The smallest absolute Gasteiger partial charge is 0.744 e. The topological polar surface area (TPSA) is 307 Å². The number of rotatable bonds is 8. The van der Waals surface area contributed by atoms with Gasteiger partial charge < -0.3 is 25.1 Å². The number of allylic oxidation sites excluding steroid dienone is 2. The van der Waals surface area contributed by atoms with Gasteiger partial charge in [0.05, 0.1) is 31.6 Å². The predicted molar refractivity (Wildman–Crippen MR) is 197 cm³/mol. The van der Waals surface area contributed by atoms with E-state index in [9.17, 15) is 48.5 Å². The van der Waals surface area contributed by atoms with Crippen LogP contribution < -0.4 is 111 Å². The number of anilines is 4. The maximum Gasteiger partial charge on any atom is 1.00 e. The van der Waals surface area contributed by atoms with E-state index in [-0.39, 0.29) is 117 Å². The van der Waals surface area contributed by atoms with Crippen LogP contribution in [0.5, 0.6) is 0 Å².